The Balaban J connectivity index is 2.01. The summed E-state index contributed by atoms with van der Waals surface area (Å²) < 4.78 is 7.87. The molecule has 0 aliphatic carbocycles. The topological polar surface area (TPSA) is 38.9 Å². The number of hydrogen-bond donors (Lipinski definition) is 0. The molecule has 3 nitrogen and oxygen atoms in total. The third kappa shape index (κ3) is 2.94. The molecule has 0 amide bonds. The fraction of sp³-hybridized carbons (Fsp3) is 0.125. The van der Waals surface area contributed by atoms with Gasteiger partial charge < -0.3 is 4.42 Å². The van der Waals surface area contributed by atoms with E-state index in [1.807, 2.05) is 50.2 Å². The van der Waals surface area contributed by atoms with Gasteiger partial charge in [-0.05, 0) is 55.3 Å². The lowest BCUT2D eigenvalue weighted by atomic mass is 10.1. The molecule has 0 radical (unpaired) electrons. The molecule has 2 aromatic carbocycles. The Labute approximate surface area is 139 Å². The molecule has 0 saturated carbocycles. The number of halogens is 2. The Kier molecular flexibility index (Phi) is 3.95. The number of rotatable bonds is 2. The van der Waals surface area contributed by atoms with E-state index < -0.39 is 0 Å². The van der Waals surface area contributed by atoms with Gasteiger partial charge in [0.1, 0.15) is 0 Å². The Morgan fingerprint density at radius 1 is 0.857 bits per heavy atom. The molecule has 0 aliphatic heterocycles. The van der Waals surface area contributed by atoms with E-state index >= 15 is 0 Å². The van der Waals surface area contributed by atoms with Crippen LogP contribution < -0.4 is 0 Å². The van der Waals surface area contributed by atoms with Crippen LogP contribution in [0.25, 0.3) is 22.9 Å². The maximum absolute atomic E-state index is 5.81. The second kappa shape index (κ2) is 5.73. The zero-order valence-electron chi connectivity index (χ0n) is 11.5. The zero-order chi connectivity index (χ0) is 15.0. The van der Waals surface area contributed by atoms with E-state index in [2.05, 4.69) is 42.1 Å². The number of nitrogens with zero attached hydrogens (tertiary/aromatic N) is 2. The first-order chi connectivity index (χ1) is 10.0. The summed E-state index contributed by atoms with van der Waals surface area (Å²) in [5.74, 6) is 1.06. The van der Waals surface area contributed by atoms with Crippen LogP contribution in [0, 0.1) is 13.8 Å². The first-order valence-corrected chi connectivity index (χ1v) is 8.00. The maximum Gasteiger partial charge on any atom is 0.248 e. The number of aromatic nitrogens is 2. The Hall–Kier alpha value is -1.46. The smallest absolute Gasteiger partial charge is 0.248 e. The van der Waals surface area contributed by atoms with Crippen LogP contribution in [-0.4, -0.2) is 10.2 Å². The molecule has 0 atom stereocenters. The fourth-order valence-corrected chi connectivity index (χ4v) is 2.90. The lowest BCUT2D eigenvalue weighted by Crippen LogP contribution is -1.83. The molecule has 0 spiro atoms. The fourth-order valence-electron chi connectivity index (χ4n) is 2.04. The Morgan fingerprint density at radius 2 is 1.62 bits per heavy atom. The van der Waals surface area contributed by atoms with Crippen molar-refractivity contribution in [1.82, 2.24) is 10.2 Å². The van der Waals surface area contributed by atoms with E-state index in [1.165, 1.54) is 5.56 Å². The first kappa shape index (κ1) is 14.5. The van der Waals surface area contributed by atoms with Gasteiger partial charge in [-0.3, -0.25) is 0 Å². The van der Waals surface area contributed by atoms with Crippen molar-refractivity contribution in [2.24, 2.45) is 0 Å². The number of aryl methyl sites for hydroxylation is 2. The van der Waals surface area contributed by atoms with Gasteiger partial charge in [-0.15, -0.1) is 10.2 Å². The largest absolute Gasteiger partial charge is 0.416 e. The van der Waals surface area contributed by atoms with E-state index in [1.54, 1.807) is 0 Å². The zero-order valence-corrected chi connectivity index (χ0v) is 14.7. The van der Waals surface area contributed by atoms with Crippen LogP contribution in [0.3, 0.4) is 0 Å². The minimum atomic E-state index is 0.521. The SMILES string of the molecule is Cc1ccc(-c2nnc(-c3ccc(Br)cc3C)o2)cc1Br. The van der Waals surface area contributed by atoms with Crippen molar-refractivity contribution in [2.45, 2.75) is 13.8 Å². The molecule has 1 heterocycles. The highest BCUT2D eigenvalue weighted by molar-refractivity contribution is 9.10. The van der Waals surface area contributed by atoms with Gasteiger partial charge in [0.05, 0.1) is 0 Å². The van der Waals surface area contributed by atoms with Crippen LogP contribution >= 0.6 is 31.9 Å². The van der Waals surface area contributed by atoms with Crippen LogP contribution in [0.2, 0.25) is 0 Å². The van der Waals surface area contributed by atoms with E-state index in [-0.39, 0.29) is 0 Å². The van der Waals surface area contributed by atoms with Crippen LogP contribution in [0.15, 0.2) is 49.8 Å². The summed E-state index contributed by atoms with van der Waals surface area (Å²) in [6.07, 6.45) is 0. The van der Waals surface area contributed by atoms with Gasteiger partial charge in [0.2, 0.25) is 11.8 Å². The number of benzene rings is 2. The summed E-state index contributed by atoms with van der Waals surface area (Å²) in [4.78, 5) is 0. The van der Waals surface area contributed by atoms with Gasteiger partial charge in [0.15, 0.2) is 0 Å². The second-order valence-electron chi connectivity index (χ2n) is 4.84. The summed E-state index contributed by atoms with van der Waals surface area (Å²) in [6, 6.07) is 12.0. The summed E-state index contributed by atoms with van der Waals surface area (Å²) in [6.45, 7) is 4.06. The molecule has 0 aliphatic rings. The lowest BCUT2D eigenvalue weighted by molar-refractivity contribution is 0.584. The standard InChI is InChI=1S/C16H12Br2N2O/c1-9-3-4-11(8-14(9)18)15-19-20-16(21-15)13-6-5-12(17)7-10(13)2/h3-8H,1-2H3. The second-order valence-corrected chi connectivity index (χ2v) is 6.61. The summed E-state index contributed by atoms with van der Waals surface area (Å²) >= 11 is 6.97. The van der Waals surface area contributed by atoms with Crippen molar-refractivity contribution in [3.05, 3.63) is 56.5 Å². The van der Waals surface area contributed by atoms with Gasteiger partial charge in [0, 0.05) is 20.1 Å². The Bertz CT molecular complexity index is 812. The van der Waals surface area contributed by atoms with Crippen LogP contribution in [0.4, 0.5) is 0 Å². The lowest BCUT2D eigenvalue weighted by Gasteiger charge is -2.01. The molecular weight excluding hydrogens is 396 g/mol. The van der Waals surface area contributed by atoms with E-state index in [4.69, 9.17) is 4.42 Å². The monoisotopic (exact) mass is 406 g/mol. The molecule has 21 heavy (non-hydrogen) atoms. The molecule has 0 unspecified atom stereocenters. The van der Waals surface area contributed by atoms with Crippen molar-refractivity contribution in [1.29, 1.82) is 0 Å². The predicted molar refractivity (Wildman–Crippen MR) is 90.0 cm³/mol. The van der Waals surface area contributed by atoms with Crippen LogP contribution in [-0.2, 0) is 0 Å². The molecule has 0 saturated heterocycles. The van der Waals surface area contributed by atoms with E-state index in [0.717, 1.165) is 25.6 Å². The van der Waals surface area contributed by atoms with Crippen molar-refractivity contribution in [3.63, 3.8) is 0 Å². The molecule has 0 bridgehead atoms. The highest BCUT2D eigenvalue weighted by Gasteiger charge is 2.13. The van der Waals surface area contributed by atoms with Gasteiger partial charge in [-0.1, -0.05) is 37.9 Å². The minimum absolute atomic E-state index is 0.521. The van der Waals surface area contributed by atoms with Gasteiger partial charge in [0.25, 0.3) is 0 Å². The molecule has 1 aromatic heterocycles. The predicted octanol–water partition coefficient (Wildman–Crippen LogP) is 5.55. The minimum Gasteiger partial charge on any atom is -0.416 e. The van der Waals surface area contributed by atoms with E-state index in [0.29, 0.717) is 11.8 Å². The quantitative estimate of drug-likeness (QED) is 0.559. The molecular formula is C16H12Br2N2O. The van der Waals surface area contributed by atoms with Crippen molar-refractivity contribution in [3.8, 4) is 22.9 Å². The third-order valence-electron chi connectivity index (χ3n) is 3.26. The molecule has 106 valence electrons. The molecule has 0 fully saturated rings. The van der Waals surface area contributed by atoms with Crippen molar-refractivity contribution >= 4 is 31.9 Å². The van der Waals surface area contributed by atoms with Crippen LogP contribution in [0.5, 0.6) is 0 Å². The first-order valence-electron chi connectivity index (χ1n) is 6.41. The summed E-state index contributed by atoms with van der Waals surface area (Å²) in [5.41, 5.74) is 4.11. The van der Waals surface area contributed by atoms with Gasteiger partial charge in [-0.25, -0.2) is 0 Å². The number of hydrogen-bond acceptors (Lipinski definition) is 3. The van der Waals surface area contributed by atoms with Crippen molar-refractivity contribution in [2.75, 3.05) is 0 Å². The summed E-state index contributed by atoms with van der Waals surface area (Å²) in [5, 5.41) is 8.31. The molecule has 3 rings (SSSR count). The average molecular weight is 408 g/mol. The third-order valence-corrected chi connectivity index (χ3v) is 4.61. The highest BCUT2D eigenvalue weighted by atomic mass is 79.9. The average Bonchev–Trinajstić information content (AvgIpc) is 2.91. The molecule has 0 N–H and O–H groups in total. The van der Waals surface area contributed by atoms with Crippen molar-refractivity contribution < 1.29 is 4.42 Å². The summed E-state index contributed by atoms with van der Waals surface area (Å²) in [7, 11) is 0. The van der Waals surface area contributed by atoms with Gasteiger partial charge >= 0.3 is 0 Å². The Morgan fingerprint density at radius 3 is 2.33 bits per heavy atom. The molecule has 5 heteroatoms. The van der Waals surface area contributed by atoms with E-state index in [9.17, 15) is 0 Å². The molecule has 3 aromatic rings. The van der Waals surface area contributed by atoms with Gasteiger partial charge in [-0.2, -0.15) is 0 Å². The van der Waals surface area contributed by atoms with Crippen LogP contribution in [0.1, 0.15) is 11.1 Å². The normalized spacial score (nSPS) is 10.9. The maximum atomic E-state index is 5.81. The highest BCUT2D eigenvalue weighted by Crippen LogP contribution is 2.29.